The van der Waals surface area contributed by atoms with Crippen molar-refractivity contribution in [1.29, 1.82) is 0 Å². The normalized spacial score (nSPS) is 18.1. The van der Waals surface area contributed by atoms with E-state index in [0.29, 0.717) is 11.0 Å². The molecule has 0 radical (unpaired) electrons. The number of anilines is 2. The van der Waals surface area contributed by atoms with E-state index in [1.807, 2.05) is 53.2 Å². The van der Waals surface area contributed by atoms with Crippen molar-refractivity contribution in [3.63, 3.8) is 0 Å². The van der Waals surface area contributed by atoms with Crippen LogP contribution in [0.4, 0.5) is 11.9 Å². The highest BCUT2D eigenvalue weighted by Crippen LogP contribution is 2.38. The first kappa shape index (κ1) is 18.3. The molecule has 144 valence electrons. The van der Waals surface area contributed by atoms with Gasteiger partial charge in [0.2, 0.25) is 11.9 Å². The van der Waals surface area contributed by atoms with Gasteiger partial charge in [0.15, 0.2) is 0 Å². The molecular formula is C20H20ClN5O2. The average Bonchev–Trinajstić information content (AvgIpc) is 3.09. The molecule has 1 amide bonds. The number of carbonyl (C=O) groups excluding carboxylic acids is 1. The summed E-state index contributed by atoms with van der Waals surface area (Å²) < 4.78 is 7.09. The third-order valence-electron chi connectivity index (χ3n) is 4.75. The number of fused-ring (bicyclic) bond motifs is 1. The number of amides is 1. The highest BCUT2D eigenvalue weighted by molar-refractivity contribution is 6.30. The number of aromatic nitrogens is 3. The monoisotopic (exact) mass is 397 g/mol. The molecule has 2 aromatic carbocycles. The molecule has 2 N–H and O–H groups in total. The number of nitrogens with one attached hydrogen (secondary N) is 2. The summed E-state index contributed by atoms with van der Waals surface area (Å²) in [5.41, 5.74) is 2.19. The van der Waals surface area contributed by atoms with E-state index in [0.717, 1.165) is 23.3 Å². The van der Waals surface area contributed by atoms with Crippen LogP contribution in [0, 0.1) is 0 Å². The van der Waals surface area contributed by atoms with E-state index in [2.05, 4.69) is 20.7 Å². The van der Waals surface area contributed by atoms with Crippen molar-refractivity contribution in [1.82, 2.24) is 14.8 Å². The van der Waals surface area contributed by atoms with Crippen LogP contribution in [0.3, 0.4) is 0 Å². The maximum Gasteiger partial charge on any atom is 0.250 e. The van der Waals surface area contributed by atoms with Crippen LogP contribution in [-0.2, 0) is 4.79 Å². The molecule has 8 heteroatoms. The van der Waals surface area contributed by atoms with Gasteiger partial charge in [0.25, 0.3) is 5.95 Å². The van der Waals surface area contributed by atoms with Gasteiger partial charge < -0.3 is 10.1 Å². The van der Waals surface area contributed by atoms with Crippen molar-refractivity contribution in [3.8, 4) is 5.75 Å². The van der Waals surface area contributed by atoms with E-state index >= 15 is 0 Å². The number of nitrogens with zero attached hydrogens (tertiary/aromatic N) is 3. The smallest absolute Gasteiger partial charge is 0.250 e. The number of methoxy groups -OCH3 is 1. The Hall–Kier alpha value is -3.06. The summed E-state index contributed by atoms with van der Waals surface area (Å²) in [6.07, 6.45) is 0.768. The summed E-state index contributed by atoms with van der Waals surface area (Å²) in [6, 6.07) is 15.7. The van der Waals surface area contributed by atoms with E-state index in [4.69, 9.17) is 16.3 Å². The summed E-state index contributed by atoms with van der Waals surface area (Å²) in [4.78, 5) is 15.9. The van der Waals surface area contributed by atoms with Gasteiger partial charge in [-0.3, -0.25) is 10.1 Å². The first-order valence-corrected chi connectivity index (χ1v) is 9.31. The third-order valence-corrected chi connectivity index (χ3v) is 5.00. The van der Waals surface area contributed by atoms with Crippen LogP contribution in [0.1, 0.15) is 36.6 Å². The van der Waals surface area contributed by atoms with E-state index < -0.39 is 0 Å². The molecule has 1 aromatic heterocycles. The number of halogens is 1. The number of ether oxygens (including phenoxy) is 1. The predicted molar refractivity (Wildman–Crippen MR) is 108 cm³/mol. The third kappa shape index (κ3) is 3.66. The fourth-order valence-electron chi connectivity index (χ4n) is 3.41. The Morgan fingerprint density at radius 3 is 2.50 bits per heavy atom. The van der Waals surface area contributed by atoms with Gasteiger partial charge in [-0.1, -0.05) is 35.9 Å². The zero-order valence-corrected chi connectivity index (χ0v) is 16.3. The van der Waals surface area contributed by atoms with Gasteiger partial charge in [-0.2, -0.15) is 4.98 Å². The minimum atomic E-state index is -0.210. The molecule has 0 unspecified atom stereocenters. The van der Waals surface area contributed by atoms with Gasteiger partial charge >= 0.3 is 0 Å². The van der Waals surface area contributed by atoms with E-state index in [1.165, 1.54) is 6.92 Å². The van der Waals surface area contributed by atoms with Crippen LogP contribution in [0.5, 0.6) is 5.75 Å². The number of hydrogen-bond acceptors (Lipinski definition) is 5. The molecule has 1 aliphatic rings. The van der Waals surface area contributed by atoms with E-state index in [-0.39, 0.29) is 23.9 Å². The second-order valence-corrected chi connectivity index (χ2v) is 7.09. The summed E-state index contributed by atoms with van der Waals surface area (Å²) in [6.45, 7) is 1.44. The van der Waals surface area contributed by atoms with E-state index in [1.54, 1.807) is 7.11 Å². The zero-order valence-electron chi connectivity index (χ0n) is 15.5. The van der Waals surface area contributed by atoms with Crippen molar-refractivity contribution in [2.24, 2.45) is 0 Å². The Labute approximate surface area is 167 Å². The molecule has 4 rings (SSSR count). The second-order valence-electron chi connectivity index (χ2n) is 6.66. The highest BCUT2D eigenvalue weighted by atomic mass is 35.5. The molecule has 1 aliphatic heterocycles. The average molecular weight is 398 g/mol. The predicted octanol–water partition coefficient (Wildman–Crippen LogP) is 4.04. The molecule has 0 bridgehead atoms. The zero-order chi connectivity index (χ0) is 19.7. The molecule has 0 saturated carbocycles. The molecular weight excluding hydrogens is 378 g/mol. The molecule has 2 heterocycles. The van der Waals surface area contributed by atoms with Gasteiger partial charge in [0.05, 0.1) is 19.2 Å². The largest absolute Gasteiger partial charge is 0.497 e. The first-order valence-electron chi connectivity index (χ1n) is 8.93. The second kappa shape index (κ2) is 7.52. The van der Waals surface area contributed by atoms with Gasteiger partial charge in [-0.15, -0.1) is 5.10 Å². The number of hydrogen-bond donors (Lipinski definition) is 2. The Bertz CT molecular complexity index is 985. The molecule has 28 heavy (non-hydrogen) atoms. The lowest BCUT2D eigenvalue weighted by molar-refractivity contribution is -0.114. The van der Waals surface area contributed by atoms with Crippen molar-refractivity contribution in [2.75, 3.05) is 17.7 Å². The van der Waals surface area contributed by atoms with Crippen molar-refractivity contribution >= 4 is 29.4 Å². The molecule has 0 saturated heterocycles. The lowest BCUT2D eigenvalue weighted by Crippen LogP contribution is -2.28. The molecule has 0 spiro atoms. The fraction of sp³-hybridized carbons (Fsp3) is 0.250. The summed E-state index contributed by atoms with van der Waals surface area (Å²) in [5.74, 6) is 1.48. The van der Waals surface area contributed by atoms with Crippen LogP contribution in [0.2, 0.25) is 5.02 Å². The number of rotatable bonds is 4. The van der Waals surface area contributed by atoms with Crippen molar-refractivity contribution in [3.05, 3.63) is 64.7 Å². The molecule has 2 atom stereocenters. The molecule has 0 fully saturated rings. The Balaban J connectivity index is 1.73. The van der Waals surface area contributed by atoms with Crippen LogP contribution >= 0.6 is 11.6 Å². The summed E-state index contributed by atoms with van der Waals surface area (Å²) in [7, 11) is 1.64. The maximum atomic E-state index is 11.4. The quantitative estimate of drug-likeness (QED) is 0.694. The summed E-state index contributed by atoms with van der Waals surface area (Å²) >= 11 is 6.04. The van der Waals surface area contributed by atoms with Crippen LogP contribution in [0.15, 0.2) is 48.5 Å². The van der Waals surface area contributed by atoms with Gasteiger partial charge in [0.1, 0.15) is 5.75 Å². The minimum absolute atomic E-state index is 0.0336. The molecule has 0 aliphatic carbocycles. The lowest BCUT2D eigenvalue weighted by atomic mass is 9.93. The topological polar surface area (TPSA) is 81.1 Å². The number of carbonyl (C=O) groups is 1. The van der Waals surface area contributed by atoms with Gasteiger partial charge in [-0.05, 0) is 41.8 Å². The maximum absolute atomic E-state index is 11.4. The van der Waals surface area contributed by atoms with E-state index in [9.17, 15) is 4.79 Å². The lowest BCUT2D eigenvalue weighted by Gasteiger charge is -2.31. The fourth-order valence-corrected chi connectivity index (χ4v) is 3.53. The van der Waals surface area contributed by atoms with Crippen molar-refractivity contribution in [2.45, 2.75) is 25.4 Å². The standard InChI is InChI=1S/C20H20ClN5O2/c1-12(27)22-19-24-20-23-17(13-3-7-15(21)8-4-13)11-18(26(20)25-19)14-5-9-16(28-2)10-6-14/h3-10,17-18H,11H2,1-2H3,(H2,22,23,24,25,27)/t17-,18+/m0/s1. The van der Waals surface area contributed by atoms with Crippen LogP contribution in [-0.4, -0.2) is 27.8 Å². The van der Waals surface area contributed by atoms with Crippen molar-refractivity contribution < 1.29 is 9.53 Å². The molecule has 7 nitrogen and oxygen atoms in total. The Morgan fingerprint density at radius 1 is 1.18 bits per heavy atom. The van der Waals surface area contributed by atoms with Gasteiger partial charge in [0, 0.05) is 11.9 Å². The first-order chi connectivity index (χ1) is 13.5. The SMILES string of the molecule is COc1ccc([C@H]2C[C@@H](c3ccc(Cl)cc3)Nc3nc(NC(C)=O)nn32)cc1. The minimum Gasteiger partial charge on any atom is -0.497 e. The Kier molecular flexibility index (Phi) is 4.92. The highest BCUT2D eigenvalue weighted by Gasteiger charge is 2.31. The van der Waals surface area contributed by atoms with Crippen LogP contribution in [0.25, 0.3) is 0 Å². The molecule has 3 aromatic rings. The van der Waals surface area contributed by atoms with Crippen LogP contribution < -0.4 is 15.4 Å². The summed E-state index contributed by atoms with van der Waals surface area (Å²) in [5, 5.41) is 11.3. The van der Waals surface area contributed by atoms with Gasteiger partial charge in [-0.25, -0.2) is 4.68 Å². The number of benzene rings is 2. The Morgan fingerprint density at radius 2 is 1.86 bits per heavy atom.